The van der Waals surface area contributed by atoms with Crippen LogP contribution in [0.15, 0.2) is 6.20 Å². The average Bonchev–Trinajstić information content (AvgIpc) is 2.64. The largest absolute Gasteiger partial charge is 0.337 e. The summed E-state index contributed by atoms with van der Waals surface area (Å²) in [6, 6.07) is 0. The first-order chi connectivity index (χ1) is 6.75. The molecule has 2 aliphatic rings. The lowest BCUT2D eigenvalue weighted by atomic mass is 10.3. The molecule has 2 fully saturated rings. The Balaban J connectivity index is 1.79. The smallest absolute Gasteiger partial charge is 0.273 e. The summed E-state index contributed by atoms with van der Waals surface area (Å²) in [7, 11) is 1.75. The third-order valence-electron chi connectivity index (χ3n) is 3.20. The van der Waals surface area contributed by atoms with Gasteiger partial charge in [0.05, 0.1) is 6.20 Å². The van der Waals surface area contributed by atoms with Crippen LogP contribution in [0.3, 0.4) is 0 Å². The molecule has 5 heteroatoms. The number of aryl methyl sites for hydroxylation is 1. The van der Waals surface area contributed by atoms with Crippen LogP contribution in [-0.4, -0.2) is 38.9 Å². The van der Waals surface area contributed by atoms with Crippen LogP contribution in [0.2, 0.25) is 0 Å². The van der Waals surface area contributed by atoms with Gasteiger partial charge in [-0.2, -0.15) is 0 Å². The number of aromatic nitrogens is 3. The number of likely N-dealkylation sites (tertiary alicyclic amines) is 1. The number of rotatable bonds is 1. The van der Waals surface area contributed by atoms with Crippen molar-refractivity contribution in [2.24, 2.45) is 18.9 Å². The van der Waals surface area contributed by atoms with Crippen LogP contribution in [0.1, 0.15) is 16.9 Å². The van der Waals surface area contributed by atoms with E-state index in [1.807, 2.05) is 4.90 Å². The van der Waals surface area contributed by atoms with Gasteiger partial charge in [-0.05, 0) is 18.3 Å². The quantitative estimate of drug-likeness (QED) is 0.624. The zero-order valence-electron chi connectivity index (χ0n) is 8.05. The minimum absolute atomic E-state index is 0.0738. The third-order valence-corrected chi connectivity index (χ3v) is 3.20. The summed E-state index contributed by atoms with van der Waals surface area (Å²) in [6.45, 7) is 1.85. The van der Waals surface area contributed by atoms with Crippen molar-refractivity contribution in [1.82, 2.24) is 19.9 Å². The fraction of sp³-hybridized carbons (Fsp3) is 0.667. The lowest BCUT2D eigenvalue weighted by Crippen LogP contribution is -2.31. The second kappa shape index (κ2) is 2.56. The van der Waals surface area contributed by atoms with Crippen molar-refractivity contribution in [3.8, 4) is 0 Å². The molecule has 2 unspecified atom stereocenters. The van der Waals surface area contributed by atoms with Crippen molar-refractivity contribution in [1.29, 1.82) is 0 Å². The molecule has 2 atom stereocenters. The van der Waals surface area contributed by atoms with Gasteiger partial charge in [0.1, 0.15) is 5.69 Å². The Labute approximate surface area is 81.7 Å². The van der Waals surface area contributed by atoms with Crippen molar-refractivity contribution >= 4 is 5.91 Å². The normalized spacial score (nSPS) is 29.1. The van der Waals surface area contributed by atoms with Crippen molar-refractivity contribution in [3.63, 3.8) is 0 Å². The van der Waals surface area contributed by atoms with E-state index in [4.69, 9.17) is 0 Å². The molecule has 0 N–H and O–H groups in total. The van der Waals surface area contributed by atoms with Gasteiger partial charge in [0.15, 0.2) is 0 Å². The van der Waals surface area contributed by atoms with Crippen molar-refractivity contribution in [2.45, 2.75) is 6.42 Å². The fourth-order valence-electron chi connectivity index (χ4n) is 2.21. The molecule has 3 rings (SSSR count). The standard InChI is InChI=1S/C9H12N4O/c1-12-8(3-10-11-12)9(14)13-4-6-2-7(6)5-13/h3,6-7H,2,4-5H2,1H3. The Morgan fingerprint density at radius 1 is 1.50 bits per heavy atom. The number of amides is 1. The van der Waals surface area contributed by atoms with Crippen molar-refractivity contribution in [2.75, 3.05) is 13.1 Å². The molecule has 1 aromatic heterocycles. The van der Waals surface area contributed by atoms with Gasteiger partial charge in [-0.1, -0.05) is 5.21 Å². The number of hydrogen-bond donors (Lipinski definition) is 0. The van der Waals surface area contributed by atoms with Crippen LogP contribution in [0.25, 0.3) is 0 Å². The number of fused-ring (bicyclic) bond motifs is 1. The Morgan fingerprint density at radius 2 is 2.21 bits per heavy atom. The molecule has 1 aliphatic heterocycles. The van der Waals surface area contributed by atoms with Gasteiger partial charge in [-0.3, -0.25) is 4.79 Å². The van der Waals surface area contributed by atoms with Gasteiger partial charge < -0.3 is 4.90 Å². The molecule has 74 valence electrons. The summed E-state index contributed by atoms with van der Waals surface area (Å²) in [5.41, 5.74) is 0.589. The van der Waals surface area contributed by atoms with E-state index in [0.717, 1.165) is 24.9 Å². The van der Waals surface area contributed by atoms with E-state index in [0.29, 0.717) is 5.69 Å². The summed E-state index contributed by atoms with van der Waals surface area (Å²) < 4.78 is 1.53. The maximum absolute atomic E-state index is 11.9. The van der Waals surface area contributed by atoms with E-state index in [9.17, 15) is 4.79 Å². The Bertz CT molecular complexity index is 376. The highest BCUT2D eigenvalue weighted by Crippen LogP contribution is 2.45. The number of hydrogen-bond acceptors (Lipinski definition) is 3. The number of piperidine rings is 1. The monoisotopic (exact) mass is 192 g/mol. The molecule has 0 radical (unpaired) electrons. The highest BCUT2D eigenvalue weighted by atomic mass is 16.2. The lowest BCUT2D eigenvalue weighted by Gasteiger charge is -2.16. The van der Waals surface area contributed by atoms with Crippen molar-refractivity contribution < 1.29 is 4.79 Å². The van der Waals surface area contributed by atoms with Crippen LogP contribution in [0.4, 0.5) is 0 Å². The van der Waals surface area contributed by atoms with Gasteiger partial charge in [-0.25, -0.2) is 4.68 Å². The first-order valence-corrected chi connectivity index (χ1v) is 4.89. The van der Waals surface area contributed by atoms with Gasteiger partial charge >= 0.3 is 0 Å². The molecule has 1 aromatic rings. The first kappa shape index (κ1) is 7.96. The molecule has 0 spiro atoms. The summed E-state index contributed by atoms with van der Waals surface area (Å²) in [5, 5.41) is 7.47. The molecule has 1 saturated heterocycles. The molecule has 1 amide bonds. The van der Waals surface area contributed by atoms with E-state index in [2.05, 4.69) is 10.3 Å². The maximum Gasteiger partial charge on any atom is 0.273 e. The van der Waals surface area contributed by atoms with E-state index in [-0.39, 0.29) is 5.91 Å². The zero-order chi connectivity index (χ0) is 9.71. The van der Waals surface area contributed by atoms with E-state index >= 15 is 0 Å². The van der Waals surface area contributed by atoms with Gasteiger partial charge in [-0.15, -0.1) is 5.10 Å². The molecular weight excluding hydrogens is 180 g/mol. The highest BCUT2D eigenvalue weighted by molar-refractivity contribution is 5.92. The Morgan fingerprint density at radius 3 is 2.79 bits per heavy atom. The topological polar surface area (TPSA) is 51.0 Å². The Hall–Kier alpha value is -1.39. The molecule has 1 aliphatic carbocycles. The van der Waals surface area contributed by atoms with Crippen LogP contribution >= 0.6 is 0 Å². The maximum atomic E-state index is 11.9. The summed E-state index contributed by atoms with van der Waals surface area (Å²) >= 11 is 0. The number of nitrogens with zero attached hydrogens (tertiary/aromatic N) is 4. The molecule has 14 heavy (non-hydrogen) atoms. The average molecular weight is 192 g/mol. The summed E-state index contributed by atoms with van der Waals surface area (Å²) in [5.74, 6) is 1.63. The SMILES string of the molecule is Cn1nncc1C(=O)N1CC2CC2C1. The van der Waals surface area contributed by atoms with E-state index < -0.39 is 0 Å². The van der Waals surface area contributed by atoms with Crippen LogP contribution in [0.5, 0.6) is 0 Å². The molecule has 2 heterocycles. The van der Waals surface area contributed by atoms with E-state index in [1.165, 1.54) is 17.3 Å². The predicted molar refractivity (Wildman–Crippen MR) is 48.5 cm³/mol. The minimum Gasteiger partial charge on any atom is -0.337 e. The Kier molecular flexibility index (Phi) is 1.45. The molecule has 5 nitrogen and oxygen atoms in total. The number of carbonyl (C=O) groups excluding carboxylic acids is 1. The zero-order valence-corrected chi connectivity index (χ0v) is 8.05. The molecular formula is C9H12N4O. The van der Waals surface area contributed by atoms with Gasteiger partial charge in [0, 0.05) is 20.1 Å². The van der Waals surface area contributed by atoms with Crippen LogP contribution < -0.4 is 0 Å². The molecule has 0 bridgehead atoms. The minimum atomic E-state index is 0.0738. The highest BCUT2D eigenvalue weighted by Gasteiger charge is 2.46. The summed E-state index contributed by atoms with van der Waals surface area (Å²) in [4.78, 5) is 13.8. The molecule has 0 aromatic carbocycles. The lowest BCUT2D eigenvalue weighted by molar-refractivity contribution is 0.0764. The summed E-state index contributed by atoms with van der Waals surface area (Å²) in [6.07, 6.45) is 2.85. The van der Waals surface area contributed by atoms with Gasteiger partial charge in [0.25, 0.3) is 5.91 Å². The van der Waals surface area contributed by atoms with E-state index in [1.54, 1.807) is 7.05 Å². The third kappa shape index (κ3) is 1.05. The first-order valence-electron chi connectivity index (χ1n) is 4.89. The van der Waals surface area contributed by atoms with Gasteiger partial charge in [0.2, 0.25) is 0 Å². The predicted octanol–water partition coefficient (Wildman–Crippen LogP) is -0.0930. The van der Waals surface area contributed by atoms with Crippen LogP contribution in [-0.2, 0) is 7.05 Å². The second-order valence-electron chi connectivity index (χ2n) is 4.21. The van der Waals surface area contributed by atoms with Crippen LogP contribution in [0, 0.1) is 11.8 Å². The molecule has 1 saturated carbocycles. The van der Waals surface area contributed by atoms with Crippen molar-refractivity contribution in [3.05, 3.63) is 11.9 Å². The number of carbonyl (C=O) groups is 1. The fourth-order valence-corrected chi connectivity index (χ4v) is 2.21. The second-order valence-corrected chi connectivity index (χ2v) is 4.21.